The number of amides is 1. The van der Waals surface area contributed by atoms with Gasteiger partial charge < -0.3 is 10.4 Å². The van der Waals surface area contributed by atoms with Gasteiger partial charge in [0.15, 0.2) is 0 Å². The summed E-state index contributed by atoms with van der Waals surface area (Å²) >= 11 is 0. The van der Waals surface area contributed by atoms with Crippen molar-refractivity contribution in [3.63, 3.8) is 0 Å². The van der Waals surface area contributed by atoms with E-state index in [-0.39, 0.29) is 17.1 Å². The number of hydrogen-bond donors (Lipinski definition) is 3. The molecule has 6 heteroatoms. The summed E-state index contributed by atoms with van der Waals surface area (Å²) in [6.07, 6.45) is 4.60. The van der Waals surface area contributed by atoms with Crippen molar-refractivity contribution in [3.05, 3.63) is 54.3 Å². The van der Waals surface area contributed by atoms with Crippen molar-refractivity contribution >= 4 is 11.6 Å². The number of phenols is 1. The second-order valence-corrected chi connectivity index (χ2v) is 9.11. The Morgan fingerprint density at radius 1 is 1.10 bits per heavy atom. The Labute approximate surface area is 173 Å². The molecule has 0 radical (unpaired) electrons. The van der Waals surface area contributed by atoms with Crippen LogP contribution < -0.4 is 5.32 Å². The van der Waals surface area contributed by atoms with E-state index in [0.717, 1.165) is 41.6 Å². The van der Waals surface area contributed by atoms with Crippen LogP contribution in [0.5, 0.6) is 5.75 Å². The van der Waals surface area contributed by atoms with Crippen molar-refractivity contribution in [2.24, 2.45) is 23.2 Å². The summed E-state index contributed by atoms with van der Waals surface area (Å²) in [7, 11) is 0. The van der Waals surface area contributed by atoms with E-state index in [1.807, 2.05) is 24.3 Å². The van der Waals surface area contributed by atoms with Gasteiger partial charge in [-0.1, -0.05) is 12.1 Å². The lowest BCUT2D eigenvalue weighted by Gasteiger charge is -2.27. The highest BCUT2D eigenvalue weighted by molar-refractivity contribution is 5.96. The maximum atomic E-state index is 13.5. The minimum absolute atomic E-state index is 0.0224. The third kappa shape index (κ3) is 2.52. The topological polar surface area (TPSA) is 78.0 Å². The molecule has 2 aromatic carbocycles. The number of rotatable bonds is 4. The number of aromatic hydroxyl groups is 1. The molecule has 1 heterocycles. The van der Waals surface area contributed by atoms with Gasteiger partial charge in [0.2, 0.25) is 5.91 Å². The minimum atomic E-state index is -0.430. The van der Waals surface area contributed by atoms with Gasteiger partial charge in [-0.15, -0.1) is 0 Å². The van der Waals surface area contributed by atoms with Gasteiger partial charge in [0.05, 0.1) is 16.8 Å². The predicted molar refractivity (Wildman–Crippen MR) is 111 cm³/mol. The van der Waals surface area contributed by atoms with E-state index in [2.05, 4.69) is 15.5 Å². The van der Waals surface area contributed by atoms with Crippen LogP contribution in [0.2, 0.25) is 0 Å². The van der Waals surface area contributed by atoms with E-state index >= 15 is 0 Å². The summed E-state index contributed by atoms with van der Waals surface area (Å²) in [5.41, 5.74) is 3.12. The number of carbonyl (C=O) groups excluding carboxylic acids is 1. The lowest BCUT2D eigenvalue weighted by atomic mass is 9.80. The Morgan fingerprint density at radius 2 is 1.83 bits per heavy atom. The first-order valence-corrected chi connectivity index (χ1v) is 10.5. The van der Waals surface area contributed by atoms with Crippen LogP contribution in [0.15, 0.2) is 48.5 Å². The highest BCUT2D eigenvalue weighted by Gasteiger charge is 2.66. The van der Waals surface area contributed by atoms with E-state index < -0.39 is 5.82 Å². The summed E-state index contributed by atoms with van der Waals surface area (Å²) in [6.45, 7) is 0. The molecule has 5 nitrogen and oxygen atoms in total. The second kappa shape index (κ2) is 6.17. The number of benzene rings is 2. The lowest BCUT2D eigenvalue weighted by Crippen LogP contribution is -2.35. The van der Waals surface area contributed by atoms with Crippen LogP contribution in [0.25, 0.3) is 22.5 Å². The number of aromatic nitrogens is 2. The summed E-state index contributed by atoms with van der Waals surface area (Å²) in [5, 5.41) is 20.3. The summed E-state index contributed by atoms with van der Waals surface area (Å²) in [6, 6.07) is 13.2. The zero-order chi connectivity index (χ0) is 20.5. The SMILES string of the molecule is O=C(Nc1ccc(-c2cc(-c3cc(F)ccc3O)n[nH]2)cc1)C12CC3CC1CC3C2. The fraction of sp³-hybridized carbons (Fsp3) is 0.333. The number of anilines is 1. The Bertz CT molecular complexity index is 1140. The molecule has 1 aromatic heterocycles. The molecule has 0 aliphatic heterocycles. The molecule has 4 bridgehead atoms. The first kappa shape index (κ1) is 17.7. The van der Waals surface area contributed by atoms with Crippen molar-refractivity contribution in [1.82, 2.24) is 10.2 Å². The largest absolute Gasteiger partial charge is 0.507 e. The maximum absolute atomic E-state index is 13.5. The first-order valence-electron chi connectivity index (χ1n) is 10.5. The Kier molecular flexibility index (Phi) is 3.64. The van der Waals surface area contributed by atoms with Crippen molar-refractivity contribution in [2.45, 2.75) is 25.7 Å². The average molecular weight is 403 g/mol. The van der Waals surface area contributed by atoms with Gasteiger partial charge in [-0.2, -0.15) is 5.10 Å². The quantitative estimate of drug-likeness (QED) is 0.576. The van der Waals surface area contributed by atoms with Crippen LogP contribution in [0.3, 0.4) is 0 Å². The van der Waals surface area contributed by atoms with Crippen molar-refractivity contribution in [1.29, 1.82) is 0 Å². The second-order valence-electron chi connectivity index (χ2n) is 9.11. The molecule has 0 spiro atoms. The van der Waals surface area contributed by atoms with Crippen LogP contribution in [-0.2, 0) is 4.79 Å². The molecular weight excluding hydrogens is 381 g/mol. The lowest BCUT2D eigenvalue weighted by molar-refractivity contribution is -0.126. The Hall–Kier alpha value is -3.15. The molecule has 4 aliphatic carbocycles. The van der Waals surface area contributed by atoms with Gasteiger partial charge in [-0.05, 0) is 85.4 Å². The summed E-state index contributed by atoms with van der Waals surface area (Å²) in [4.78, 5) is 13.0. The Balaban J connectivity index is 1.20. The van der Waals surface area contributed by atoms with Crippen molar-refractivity contribution in [3.8, 4) is 28.3 Å². The van der Waals surface area contributed by atoms with E-state index in [1.165, 1.54) is 31.0 Å². The number of phenolic OH excluding ortho intramolecular Hbond substituents is 1. The van der Waals surface area contributed by atoms with Crippen LogP contribution in [0.1, 0.15) is 25.7 Å². The third-order valence-corrected chi connectivity index (χ3v) is 7.59. The van der Waals surface area contributed by atoms with Crippen molar-refractivity contribution < 1.29 is 14.3 Å². The van der Waals surface area contributed by atoms with Crippen molar-refractivity contribution in [2.75, 3.05) is 5.32 Å². The molecule has 0 saturated heterocycles. The summed E-state index contributed by atoms with van der Waals surface area (Å²) in [5.74, 6) is 1.86. The Morgan fingerprint density at radius 3 is 2.50 bits per heavy atom. The summed E-state index contributed by atoms with van der Waals surface area (Å²) < 4.78 is 13.5. The number of halogens is 1. The molecule has 1 amide bonds. The molecule has 4 saturated carbocycles. The zero-order valence-corrected chi connectivity index (χ0v) is 16.4. The van der Waals surface area contributed by atoms with Crippen LogP contribution in [-0.4, -0.2) is 21.2 Å². The van der Waals surface area contributed by atoms with E-state index in [0.29, 0.717) is 17.2 Å². The zero-order valence-electron chi connectivity index (χ0n) is 16.4. The number of hydrogen-bond acceptors (Lipinski definition) is 3. The molecule has 7 rings (SSSR count). The van der Waals surface area contributed by atoms with Gasteiger partial charge >= 0.3 is 0 Å². The van der Waals surface area contributed by atoms with Gasteiger partial charge in [0.25, 0.3) is 0 Å². The molecule has 152 valence electrons. The van der Waals surface area contributed by atoms with Gasteiger partial charge in [-0.25, -0.2) is 4.39 Å². The smallest absolute Gasteiger partial charge is 0.230 e. The first-order chi connectivity index (χ1) is 14.5. The molecule has 4 aliphatic rings. The highest BCUT2D eigenvalue weighted by Crippen LogP contribution is 2.70. The van der Waals surface area contributed by atoms with Crippen LogP contribution >= 0.6 is 0 Å². The standard InChI is InChI=1S/C24H22FN3O2/c25-17-3-6-22(29)19(9-17)21-10-20(27-28-21)13-1-4-18(5-2-13)26-23(30)24-11-14-7-16(24)8-15(14)12-24/h1-6,9-10,14-16,29H,7-8,11-12H2,(H,26,30)(H,27,28). The molecule has 2 atom stereocenters. The van der Waals surface area contributed by atoms with Gasteiger partial charge in [-0.3, -0.25) is 9.89 Å². The number of carbonyl (C=O) groups is 1. The molecule has 4 fully saturated rings. The number of aromatic amines is 1. The highest BCUT2D eigenvalue weighted by atomic mass is 19.1. The number of nitrogens with one attached hydrogen (secondary N) is 2. The fourth-order valence-electron chi connectivity index (χ4n) is 6.20. The molecular formula is C24H22FN3O2. The molecule has 30 heavy (non-hydrogen) atoms. The van der Waals surface area contributed by atoms with E-state index in [1.54, 1.807) is 6.07 Å². The number of nitrogens with zero attached hydrogens (tertiary/aromatic N) is 1. The maximum Gasteiger partial charge on any atom is 0.230 e. The van der Waals surface area contributed by atoms with Gasteiger partial charge in [0.1, 0.15) is 11.6 Å². The molecule has 3 aromatic rings. The normalized spacial score (nSPS) is 28.4. The van der Waals surface area contributed by atoms with Crippen LogP contribution in [0, 0.1) is 29.0 Å². The number of H-pyrrole nitrogens is 1. The van der Waals surface area contributed by atoms with E-state index in [9.17, 15) is 14.3 Å². The average Bonchev–Trinajstić information content (AvgIpc) is 3.54. The molecule has 3 N–H and O–H groups in total. The predicted octanol–water partition coefficient (Wildman–Crippen LogP) is 4.96. The molecule has 2 unspecified atom stereocenters. The minimum Gasteiger partial charge on any atom is -0.507 e. The van der Waals surface area contributed by atoms with Crippen LogP contribution in [0.4, 0.5) is 10.1 Å². The monoisotopic (exact) mass is 403 g/mol. The van der Waals surface area contributed by atoms with Gasteiger partial charge in [0, 0.05) is 11.3 Å². The third-order valence-electron chi connectivity index (χ3n) is 7.59. The van der Waals surface area contributed by atoms with E-state index in [4.69, 9.17) is 0 Å². The fourth-order valence-corrected chi connectivity index (χ4v) is 6.20.